The van der Waals surface area contributed by atoms with Gasteiger partial charge in [0, 0.05) is 28.4 Å². The van der Waals surface area contributed by atoms with E-state index in [1.807, 2.05) is 0 Å². The molecule has 1 N–H and O–H groups in total. The largest absolute Gasteiger partial charge is 0.459 e. The number of esters is 1. The predicted octanol–water partition coefficient (Wildman–Crippen LogP) is 3.80. The fourth-order valence-corrected chi connectivity index (χ4v) is 9.03. The van der Waals surface area contributed by atoms with E-state index in [4.69, 9.17) is 18.0 Å². The Morgan fingerprint density at radius 1 is 1.19 bits per heavy atom. The molecule has 0 unspecified atom stereocenters. The predicted molar refractivity (Wildman–Crippen MR) is 116 cm³/mol. The smallest absolute Gasteiger partial charge is 0.335 e. The average Bonchev–Trinajstić information content (AvgIpc) is 3.49. The number of aliphatic hydroxyl groups excluding tert-OH is 1. The fourth-order valence-electron chi connectivity index (χ4n) is 9.03. The van der Waals surface area contributed by atoms with Gasteiger partial charge in [0.05, 0.1) is 12.4 Å². The molecule has 0 amide bonds. The Hall–Kier alpha value is -1.66. The Kier molecular flexibility index (Phi) is 3.72. The zero-order valence-electron chi connectivity index (χ0n) is 21.7. The molecule has 10 atom stereocenters. The molecule has 1 saturated heterocycles. The first-order chi connectivity index (χ1) is 16.4. The third-order valence-corrected chi connectivity index (χ3v) is 10.4. The van der Waals surface area contributed by atoms with Crippen LogP contribution in [0.5, 0.6) is 0 Å². The number of hydrogen-bond acceptors (Lipinski definition) is 6. The lowest BCUT2D eigenvalue weighted by Gasteiger charge is -2.61. The van der Waals surface area contributed by atoms with Crippen molar-refractivity contribution in [2.24, 2.45) is 28.6 Å². The van der Waals surface area contributed by atoms with Crippen molar-refractivity contribution < 1.29 is 27.9 Å². The van der Waals surface area contributed by atoms with Crippen LogP contribution in [0, 0.1) is 28.6 Å². The molecule has 5 fully saturated rings. The van der Waals surface area contributed by atoms with Gasteiger partial charge in [0.1, 0.15) is 17.8 Å². The number of aliphatic hydroxyl groups is 1. The Bertz CT molecular complexity index is 1080. The van der Waals surface area contributed by atoms with Crippen LogP contribution in [0.1, 0.15) is 81.2 Å². The van der Waals surface area contributed by atoms with Gasteiger partial charge < -0.3 is 19.0 Å². The molecule has 6 heteroatoms. The summed E-state index contributed by atoms with van der Waals surface area (Å²) in [4.78, 5) is 24.2. The Morgan fingerprint density at radius 2 is 2.03 bits per heavy atom. The summed E-state index contributed by atoms with van der Waals surface area (Å²) < 4.78 is 40.2. The molecule has 0 bridgehead atoms. The lowest BCUT2D eigenvalue weighted by molar-refractivity contribution is -0.158. The van der Waals surface area contributed by atoms with Crippen LogP contribution in [0.25, 0.3) is 0 Å². The van der Waals surface area contributed by atoms with Crippen LogP contribution in [0.2, 0.25) is 0 Å². The molecule has 32 heavy (non-hydrogen) atoms. The number of ether oxygens (including phenoxy) is 2. The van der Waals surface area contributed by atoms with E-state index in [1.54, 1.807) is 6.07 Å². The standard InChI is InChI=1S/C26H34O6/c1-14(27)31-22-21(15-4-7-20(29)30-13-15)25(3)11-9-18-19(26(25)23(22)32-26)6-5-16-12-17(28)8-10-24(16,18)2/h4,7,13,16-19,21-23,28H,5-6,8-12H2,1-3H3/t16-,17+,18+,19-,21+,22-,23-,24+,25-,26-/m1/s1/i1D3. The third kappa shape index (κ3) is 2.54. The molecule has 1 aromatic heterocycles. The van der Waals surface area contributed by atoms with Gasteiger partial charge in [-0.1, -0.05) is 13.8 Å². The second-order valence-corrected chi connectivity index (χ2v) is 11.4. The molecule has 2 heterocycles. The normalized spacial score (nSPS) is 52.8. The highest BCUT2D eigenvalue weighted by Crippen LogP contribution is 2.78. The summed E-state index contributed by atoms with van der Waals surface area (Å²) >= 11 is 0. The van der Waals surface area contributed by atoms with Gasteiger partial charge >= 0.3 is 11.6 Å². The van der Waals surface area contributed by atoms with Crippen molar-refractivity contribution >= 4 is 5.97 Å². The van der Waals surface area contributed by atoms with Gasteiger partial charge in [-0.05, 0) is 79.7 Å². The number of carbonyl (C=O) groups is 1. The van der Waals surface area contributed by atoms with Crippen molar-refractivity contribution in [3.8, 4) is 0 Å². The van der Waals surface area contributed by atoms with E-state index in [0.29, 0.717) is 11.8 Å². The van der Waals surface area contributed by atoms with Crippen LogP contribution in [0.15, 0.2) is 27.6 Å². The highest BCUT2D eigenvalue weighted by molar-refractivity contribution is 5.66. The minimum atomic E-state index is -2.86. The first kappa shape index (κ1) is 17.8. The van der Waals surface area contributed by atoms with Crippen molar-refractivity contribution in [3.63, 3.8) is 0 Å². The molecule has 6 rings (SSSR count). The van der Waals surface area contributed by atoms with Crippen LogP contribution >= 0.6 is 0 Å². The minimum absolute atomic E-state index is 0.136. The fraction of sp³-hybridized carbons (Fsp3) is 0.769. The molecule has 1 aliphatic heterocycles. The molecule has 1 aromatic rings. The minimum Gasteiger partial charge on any atom is -0.459 e. The van der Waals surface area contributed by atoms with Crippen LogP contribution in [0.4, 0.5) is 0 Å². The molecule has 0 aromatic carbocycles. The summed E-state index contributed by atoms with van der Waals surface area (Å²) in [5.41, 5.74) is -0.476. The van der Waals surface area contributed by atoms with E-state index in [-0.39, 0.29) is 29.5 Å². The van der Waals surface area contributed by atoms with Crippen molar-refractivity contribution in [1.29, 1.82) is 0 Å². The summed E-state index contributed by atoms with van der Waals surface area (Å²) in [5.74, 6) is -0.325. The summed E-state index contributed by atoms with van der Waals surface area (Å²) in [6.45, 7) is 1.71. The topological polar surface area (TPSA) is 89.3 Å². The Labute approximate surface area is 192 Å². The number of hydrogen-bond donors (Lipinski definition) is 1. The van der Waals surface area contributed by atoms with E-state index < -0.39 is 35.6 Å². The van der Waals surface area contributed by atoms with Gasteiger partial charge in [-0.25, -0.2) is 4.79 Å². The second-order valence-electron chi connectivity index (χ2n) is 11.4. The van der Waals surface area contributed by atoms with E-state index >= 15 is 0 Å². The monoisotopic (exact) mass is 445 g/mol. The average molecular weight is 446 g/mol. The Morgan fingerprint density at radius 3 is 2.78 bits per heavy atom. The summed E-state index contributed by atoms with van der Waals surface area (Å²) in [7, 11) is 0. The van der Waals surface area contributed by atoms with Crippen LogP contribution in [-0.2, 0) is 14.3 Å². The highest BCUT2D eigenvalue weighted by Gasteiger charge is 2.84. The molecule has 1 spiro atoms. The SMILES string of the molecule is [2H]C([2H])([2H])C(=O)O[C@H]1[C@H]2O[C@]23[C@@H]2CC[C@@H]4C[C@@H](O)CC[C@]4(C)[C@H]2CC[C@]3(C)[C@H]1c1ccc(=O)oc1. The first-order valence-corrected chi connectivity index (χ1v) is 12.1. The maximum Gasteiger partial charge on any atom is 0.335 e. The first-order valence-electron chi connectivity index (χ1n) is 13.6. The maximum atomic E-state index is 12.5. The van der Waals surface area contributed by atoms with E-state index in [1.165, 1.54) is 12.3 Å². The number of rotatable bonds is 2. The summed E-state index contributed by atoms with van der Waals surface area (Å²) in [5, 5.41) is 10.3. The lowest BCUT2D eigenvalue weighted by atomic mass is 9.44. The van der Waals surface area contributed by atoms with E-state index in [9.17, 15) is 14.7 Å². The van der Waals surface area contributed by atoms with Crippen molar-refractivity contribution in [2.45, 2.75) is 95.5 Å². The Balaban J connectivity index is 1.40. The lowest BCUT2D eigenvalue weighted by Crippen LogP contribution is -2.58. The molecule has 0 radical (unpaired) electrons. The van der Waals surface area contributed by atoms with Gasteiger partial charge in [0.25, 0.3) is 0 Å². The van der Waals surface area contributed by atoms with Crippen LogP contribution in [0.3, 0.4) is 0 Å². The summed E-state index contributed by atoms with van der Waals surface area (Å²) in [6, 6.07) is 3.08. The van der Waals surface area contributed by atoms with Gasteiger partial charge in [-0.15, -0.1) is 0 Å². The molecular weight excluding hydrogens is 408 g/mol. The van der Waals surface area contributed by atoms with Crippen molar-refractivity contribution in [1.82, 2.24) is 0 Å². The van der Waals surface area contributed by atoms with Gasteiger partial charge in [-0.3, -0.25) is 4.79 Å². The number of carbonyl (C=O) groups excluding carboxylic acids is 1. The molecule has 4 aliphatic carbocycles. The molecule has 174 valence electrons. The van der Waals surface area contributed by atoms with Gasteiger partial charge in [0.2, 0.25) is 0 Å². The van der Waals surface area contributed by atoms with Crippen LogP contribution in [-0.4, -0.2) is 35.0 Å². The van der Waals surface area contributed by atoms with Gasteiger partial charge in [-0.2, -0.15) is 0 Å². The zero-order valence-corrected chi connectivity index (χ0v) is 18.7. The van der Waals surface area contributed by atoms with Crippen LogP contribution < -0.4 is 5.63 Å². The molecular formula is C26H34O6. The zero-order chi connectivity index (χ0) is 25.0. The molecule has 6 nitrogen and oxygen atoms in total. The third-order valence-electron chi connectivity index (χ3n) is 10.4. The number of fused-ring (bicyclic) bond motifs is 3. The van der Waals surface area contributed by atoms with Crippen molar-refractivity contribution in [2.75, 3.05) is 0 Å². The molecule has 5 aliphatic rings. The molecule has 4 saturated carbocycles. The number of epoxide rings is 1. The van der Waals surface area contributed by atoms with E-state index in [2.05, 4.69) is 13.8 Å². The van der Waals surface area contributed by atoms with Crippen molar-refractivity contribution in [3.05, 3.63) is 34.4 Å². The quantitative estimate of drug-likeness (QED) is 0.550. The maximum absolute atomic E-state index is 12.5. The van der Waals surface area contributed by atoms with E-state index in [0.717, 1.165) is 50.5 Å². The highest BCUT2D eigenvalue weighted by atomic mass is 16.7. The summed E-state index contributed by atoms with van der Waals surface area (Å²) in [6.07, 6.45) is 6.66. The van der Waals surface area contributed by atoms with Gasteiger partial charge in [0.15, 0.2) is 0 Å². The second kappa shape index (κ2) is 6.69.